The summed E-state index contributed by atoms with van der Waals surface area (Å²) in [5, 5.41) is 9.93. The highest BCUT2D eigenvalue weighted by Crippen LogP contribution is 2.19. The van der Waals surface area contributed by atoms with E-state index in [9.17, 15) is 9.90 Å². The highest BCUT2D eigenvalue weighted by molar-refractivity contribution is 6.00. The van der Waals surface area contributed by atoms with Crippen molar-refractivity contribution < 1.29 is 9.90 Å². The number of nitrogens with zero attached hydrogens (tertiary/aromatic N) is 2. The SMILES string of the molecule is CCC(O)(CC)C(=O)c1cnccn1. The first-order valence-electron chi connectivity index (χ1n) is 4.67. The molecule has 0 amide bonds. The van der Waals surface area contributed by atoms with Crippen LogP contribution in [0.2, 0.25) is 0 Å². The zero-order valence-corrected chi connectivity index (χ0v) is 8.40. The maximum absolute atomic E-state index is 11.8. The molecule has 1 rings (SSSR count). The van der Waals surface area contributed by atoms with Gasteiger partial charge in [0, 0.05) is 12.4 Å². The third-order valence-electron chi connectivity index (χ3n) is 2.39. The molecule has 1 heterocycles. The molecule has 0 atom stereocenters. The van der Waals surface area contributed by atoms with Crippen LogP contribution in [-0.2, 0) is 0 Å². The summed E-state index contributed by atoms with van der Waals surface area (Å²) in [6, 6.07) is 0. The summed E-state index contributed by atoms with van der Waals surface area (Å²) in [5.41, 5.74) is -1.07. The fourth-order valence-corrected chi connectivity index (χ4v) is 1.23. The summed E-state index contributed by atoms with van der Waals surface area (Å²) in [5.74, 6) is -0.351. The van der Waals surface area contributed by atoms with E-state index in [-0.39, 0.29) is 11.5 Å². The lowest BCUT2D eigenvalue weighted by atomic mass is 9.90. The van der Waals surface area contributed by atoms with Crippen LogP contribution in [0, 0.1) is 0 Å². The lowest BCUT2D eigenvalue weighted by molar-refractivity contribution is 0.0272. The fourth-order valence-electron chi connectivity index (χ4n) is 1.23. The number of carbonyl (C=O) groups excluding carboxylic acids is 1. The first kappa shape index (κ1) is 10.8. The lowest BCUT2D eigenvalue weighted by Crippen LogP contribution is -2.37. The molecule has 0 fully saturated rings. The fraction of sp³-hybridized carbons (Fsp3) is 0.500. The molecule has 4 heteroatoms. The van der Waals surface area contributed by atoms with Crippen molar-refractivity contribution in [3.8, 4) is 0 Å². The maximum atomic E-state index is 11.8. The number of ketones is 1. The van der Waals surface area contributed by atoms with Gasteiger partial charge in [0.2, 0.25) is 5.78 Å². The number of aromatic nitrogens is 2. The van der Waals surface area contributed by atoms with E-state index in [1.165, 1.54) is 18.6 Å². The topological polar surface area (TPSA) is 63.1 Å². The van der Waals surface area contributed by atoms with Crippen molar-refractivity contribution >= 4 is 5.78 Å². The van der Waals surface area contributed by atoms with E-state index in [4.69, 9.17) is 0 Å². The van der Waals surface area contributed by atoms with Gasteiger partial charge in [-0.1, -0.05) is 13.8 Å². The number of rotatable bonds is 4. The summed E-state index contributed by atoms with van der Waals surface area (Å²) >= 11 is 0. The van der Waals surface area contributed by atoms with Crippen molar-refractivity contribution in [1.82, 2.24) is 9.97 Å². The Kier molecular flexibility index (Phi) is 3.30. The molecule has 1 aromatic rings. The summed E-state index contributed by atoms with van der Waals surface area (Å²) < 4.78 is 0. The maximum Gasteiger partial charge on any atom is 0.214 e. The molecule has 0 aliphatic heterocycles. The Morgan fingerprint density at radius 2 is 2.07 bits per heavy atom. The Morgan fingerprint density at radius 1 is 1.43 bits per heavy atom. The van der Waals surface area contributed by atoms with Crippen molar-refractivity contribution in [3.63, 3.8) is 0 Å². The molecule has 0 saturated carbocycles. The van der Waals surface area contributed by atoms with Crippen LogP contribution in [0.15, 0.2) is 18.6 Å². The Labute approximate surface area is 83.0 Å². The van der Waals surface area contributed by atoms with Gasteiger partial charge < -0.3 is 5.11 Å². The average molecular weight is 194 g/mol. The summed E-state index contributed by atoms with van der Waals surface area (Å²) in [6.07, 6.45) is 5.09. The van der Waals surface area contributed by atoms with E-state index < -0.39 is 5.60 Å². The number of carbonyl (C=O) groups is 1. The molecule has 1 aromatic heterocycles. The van der Waals surface area contributed by atoms with Crippen LogP contribution in [0.1, 0.15) is 37.2 Å². The molecule has 0 unspecified atom stereocenters. The van der Waals surface area contributed by atoms with Crippen LogP contribution in [-0.4, -0.2) is 26.5 Å². The highest BCUT2D eigenvalue weighted by Gasteiger charge is 2.33. The van der Waals surface area contributed by atoms with E-state index in [1.807, 2.05) is 0 Å². The molecule has 0 aliphatic carbocycles. The Morgan fingerprint density at radius 3 is 2.50 bits per heavy atom. The standard InChI is InChI=1S/C10H14N2O2/c1-3-10(14,4-2)9(13)8-7-11-5-6-12-8/h5-7,14H,3-4H2,1-2H3. The molecular formula is C10H14N2O2. The van der Waals surface area contributed by atoms with Gasteiger partial charge in [0.1, 0.15) is 11.3 Å². The number of Topliss-reactive ketones (excluding diaryl/α,β-unsaturated/α-hetero) is 1. The molecule has 14 heavy (non-hydrogen) atoms. The minimum absolute atomic E-state index is 0.221. The van der Waals surface area contributed by atoms with E-state index >= 15 is 0 Å². The van der Waals surface area contributed by atoms with Crippen molar-refractivity contribution in [2.24, 2.45) is 0 Å². The third kappa shape index (κ3) is 1.96. The average Bonchev–Trinajstić information content (AvgIpc) is 2.28. The monoisotopic (exact) mass is 194 g/mol. The van der Waals surface area contributed by atoms with Crippen LogP contribution >= 0.6 is 0 Å². The largest absolute Gasteiger partial charge is 0.382 e. The number of hydrogen-bond acceptors (Lipinski definition) is 4. The van der Waals surface area contributed by atoms with E-state index in [0.717, 1.165) is 0 Å². The van der Waals surface area contributed by atoms with E-state index in [0.29, 0.717) is 12.8 Å². The van der Waals surface area contributed by atoms with Crippen molar-refractivity contribution in [2.45, 2.75) is 32.3 Å². The predicted molar refractivity (Wildman–Crippen MR) is 51.9 cm³/mol. The number of aliphatic hydroxyl groups is 1. The Bertz CT molecular complexity index is 307. The van der Waals surface area contributed by atoms with Crippen molar-refractivity contribution in [2.75, 3.05) is 0 Å². The van der Waals surface area contributed by atoms with Gasteiger partial charge in [-0.25, -0.2) is 4.98 Å². The first-order chi connectivity index (χ1) is 6.64. The second-order valence-corrected chi connectivity index (χ2v) is 3.16. The van der Waals surface area contributed by atoms with E-state index in [1.54, 1.807) is 13.8 Å². The molecule has 0 saturated heterocycles. The zero-order valence-electron chi connectivity index (χ0n) is 8.40. The molecule has 1 N–H and O–H groups in total. The summed E-state index contributed by atoms with van der Waals surface area (Å²) in [7, 11) is 0. The van der Waals surface area contributed by atoms with Crippen LogP contribution in [0.25, 0.3) is 0 Å². The smallest absolute Gasteiger partial charge is 0.214 e. The Hall–Kier alpha value is -1.29. The normalized spacial score (nSPS) is 11.4. The van der Waals surface area contributed by atoms with Gasteiger partial charge in [0.15, 0.2) is 0 Å². The molecule has 0 radical (unpaired) electrons. The van der Waals surface area contributed by atoms with Gasteiger partial charge in [0.05, 0.1) is 6.20 Å². The summed E-state index contributed by atoms with van der Waals surface area (Å²) in [4.78, 5) is 19.4. The van der Waals surface area contributed by atoms with Gasteiger partial charge in [-0.15, -0.1) is 0 Å². The van der Waals surface area contributed by atoms with Crippen LogP contribution in [0.3, 0.4) is 0 Å². The van der Waals surface area contributed by atoms with Crippen LogP contribution in [0.5, 0.6) is 0 Å². The second-order valence-electron chi connectivity index (χ2n) is 3.16. The van der Waals surface area contributed by atoms with Gasteiger partial charge in [0.25, 0.3) is 0 Å². The second kappa shape index (κ2) is 4.28. The van der Waals surface area contributed by atoms with Crippen LogP contribution < -0.4 is 0 Å². The van der Waals surface area contributed by atoms with Gasteiger partial charge in [-0.2, -0.15) is 0 Å². The molecule has 0 aromatic carbocycles. The quantitative estimate of drug-likeness (QED) is 0.732. The zero-order chi connectivity index (χ0) is 10.6. The molecule has 0 aliphatic rings. The van der Waals surface area contributed by atoms with Gasteiger partial charge >= 0.3 is 0 Å². The molecule has 0 spiro atoms. The third-order valence-corrected chi connectivity index (χ3v) is 2.39. The van der Waals surface area contributed by atoms with Crippen molar-refractivity contribution in [1.29, 1.82) is 0 Å². The molecule has 76 valence electrons. The minimum atomic E-state index is -1.30. The predicted octanol–water partition coefficient (Wildman–Crippen LogP) is 1.21. The first-order valence-corrected chi connectivity index (χ1v) is 4.67. The minimum Gasteiger partial charge on any atom is -0.382 e. The van der Waals surface area contributed by atoms with E-state index in [2.05, 4.69) is 9.97 Å². The van der Waals surface area contributed by atoms with Crippen LogP contribution in [0.4, 0.5) is 0 Å². The summed E-state index contributed by atoms with van der Waals surface area (Å²) in [6.45, 7) is 3.55. The van der Waals surface area contributed by atoms with Gasteiger partial charge in [-0.05, 0) is 12.8 Å². The van der Waals surface area contributed by atoms with Gasteiger partial charge in [-0.3, -0.25) is 9.78 Å². The number of hydrogen-bond donors (Lipinski definition) is 1. The highest BCUT2D eigenvalue weighted by atomic mass is 16.3. The van der Waals surface area contributed by atoms with Crippen molar-refractivity contribution in [3.05, 3.63) is 24.3 Å². The molecule has 0 bridgehead atoms. The Balaban J connectivity index is 2.95. The molecular weight excluding hydrogens is 180 g/mol. The molecule has 4 nitrogen and oxygen atoms in total. The lowest BCUT2D eigenvalue weighted by Gasteiger charge is -2.22.